The first-order valence-electron chi connectivity index (χ1n) is 7.06. The molecule has 1 atom stereocenters. The second kappa shape index (κ2) is 9.04. The minimum Gasteiger partial charge on any atom is -0.387 e. The van der Waals surface area contributed by atoms with Crippen molar-refractivity contribution in [2.45, 2.75) is 64.9 Å². The van der Waals surface area contributed by atoms with Gasteiger partial charge in [-0.15, -0.1) is 11.3 Å². The molecule has 0 aliphatic rings. The van der Waals surface area contributed by atoms with Crippen molar-refractivity contribution in [2.24, 2.45) is 0 Å². The van der Waals surface area contributed by atoms with Gasteiger partial charge in [0.25, 0.3) is 0 Å². The molecule has 0 radical (unpaired) electrons. The third-order valence-corrected chi connectivity index (χ3v) is 3.73. The van der Waals surface area contributed by atoms with Crippen molar-refractivity contribution >= 4 is 22.4 Å². The summed E-state index contributed by atoms with van der Waals surface area (Å²) < 4.78 is 0. The molecule has 1 heterocycles. The summed E-state index contributed by atoms with van der Waals surface area (Å²) in [5, 5.41) is 14.5. The minimum atomic E-state index is -0.583. The number of thiazole rings is 1. The standard InChI is InChI=1S/C14H24N2O2S/c1-3-4-5-6-7-8-9-13(18)16-14-15-12(10-19-14)11(2)17/h10-11,17H,3-9H2,1-2H3,(H,15,16,18). The predicted octanol–water partition coefficient (Wildman–Crippen LogP) is 3.89. The molecule has 0 aliphatic carbocycles. The van der Waals surface area contributed by atoms with Crippen molar-refractivity contribution in [1.29, 1.82) is 0 Å². The molecular formula is C14H24N2O2S. The van der Waals surface area contributed by atoms with E-state index in [2.05, 4.69) is 17.2 Å². The molecule has 108 valence electrons. The van der Waals surface area contributed by atoms with Crippen LogP contribution in [0, 0.1) is 0 Å². The lowest BCUT2D eigenvalue weighted by Crippen LogP contribution is -2.11. The van der Waals surface area contributed by atoms with Crippen molar-refractivity contribution in [3.05, 3.63) is 11.1 Å². The fourth-order valence-corrected chi connectivity index (χ4v) is 2.60. The number of aromatic nitrogens is 1. The van der Waals surface area contributed by atoms with Gasteiger partial charge in [-0.2, -0.15) is 0 Å². The Labute approximate surface area is 119 Å². The van der Waals surface area contributed by atoms with Crippen LogP contribution in [0.5, 0.6) is 0 Å². The molecule has 0 aromatic carbocycles. The number of anilines is 1. The van der Waals surface area contributed by atoms with E-state index in [1.165, 1.54) is 37.0 Å². The lowest BCUT2D eigenvalue weighted by atomic mass is 10.1. The van der Waals surface area contributed by atoms with E-state index in [0.29, 0.717) is 17.2 Å². The van der Waals surface area contributed by atoms with Crippen LogP contribution in [0.3, 0.4) is 0 Å². The summed E-state index contributed by atoms with van der Waals surface area (Å²) in [6.07, 6.45) is 7.03. The number of rotatable bonds is 9. The van der Waals surface area contributed by atoms with Gasteiger partial charge in [-0.3, -0.25) is 4.79 Å². The molecule has 1 unspecified atom stereocenters. The first-order chi connectivity index (χ1) is 9.13. The average Bonchev–Trinajstić information content (AvgIpc) is 2.82. The number of hydrogen-bond donors (Lipinski definition) is 2. The highest BCUT2D eigenvalue weighted by molar-refractivity contribution is 7.13. The summed E-state index contributed by atoms with van der Waals surface area (Å²) in [6.45, 7) is 3.86. The summed E-state index contributed by atoms with van der Waals surface area (Å²) in [4.78, 5) is 15.8. The lowest BCUT2D eigenvalue weighted by Gasteiger charge is -2.02. The number of nitrogens with one attached hydrogen (secondary N) is 1. The third-order valence-electron chi connectivity index (χ3n) is 2.95. The van der Waals surface area contributed by atoms with Gasteiger partial charge in [0.1, 0.15) is 0 Å². The first-order valence-corrected chi connectivity index (χ1v) is 7.94. The summed E-state index contributed by atoms with van der Waals surface area (Å²) in [5.41, 5.74) is 0.611. The van der Waals surface area contributed by atoms with Crippen LogP contribution >= 0.6 is 11.3 Å². The number of nitrogens with zero attached hydrogens (tertiary/aromatic N) is 1. The van der Waals surface area contributed by atoms with Gasteiger partial charge in [-0.1, -0.05) is 39.0 Å². The maximum atomic E-state index is 11.7. The topological polar surface area (TPSA) is 62.2 Å². The monoisotopic (exact) mass is 284 g/mol. The number of hydrogen-bond acceptors (Lipinski definition) is 4. The Kier molecular flexibility index (Phi) is 7.67. The molecule has 2 N–H and O–H groups in total. The van der Waals surface area contributed by atoms with Crippen LogP contribution in [0.15, 0.2) is 5.38 Å². The highest BCUT2D eigenvalue weighted by Crippen LogP contribution is 2.20. The van der Waals surface area contributed by atoms with Gasteiger partial charge in [0.15, 0.2) is 5.13 Å². The molecule has 1 amide bonds. The largest absolute Gasteiger partial charge is 0.387 e. The maximum Gasteiger partial charge on any atom is 0.226 e. The zero-order valence-electron chi connectivity index (χ0n) is 11.8. The van der Waals surface area contributed by atoms with Crippen molar-refractivity contribution in [1.82, 2.24) is 4.98 Å². The van der Waals surface area contributed by atoms with E-state index < -0.39 is 6.10 Å². The second-order valence-electron chi connectivity index (χ2n) is 4.82. The molecular weight excluding hydrogens is 260 g/mol. The van der Waals surface area contributed by atoms with E-state index in [9.17, 15) is 9.90 Å². The Morgan fingerprint density at radius 2 is 2.05 bits per heavy atom. The van der Waals surface area contributed by atoms with Gasteiger partial charge in [0.05, 0.1) is 11.8 Å². The zero-order chi connectivity index (χ0) is 14.1. The Balaban J connectivity index is 2.16. The molecule has 0 aliphatic heterocycles. The summed E-state index contributed by atoms with van der Waals surface area (Å²) in [7, 11) is 0. The Bertz CT molecular complexity index is 377. The highest BCUT2D eigenvalue weighted by atomic mass is 32.1. The fourth-order valence-electron chi connectivity index (χ4n) is 1.78. The average molecular weight is 284 g/mol. The zero-order valence-corrected chi connectivity index (χ0v) is 12.6. The van der Waals surface area contributed by atoms with E-state index >= 15 is 0 Å². The van der Waals surface area contributed by atoms with E-state index in [4.69, 9.17) is 0 Å². The van der Waals surface area contributed by atoms with Crippen LogP contribution in [0.4, 0.5) is 5.13 Å². The number of aliphatic hydroxyl groups excluding tert-OH is 1. The van der Waals surface area contributed by atoms with Crippen LogP contribution < -0.4 is 5.32 Å². The number of aliphatic hydroxyl groups is 1. The quantitative estimate of drug-likeness (QED) is 0.676. The van der Waals surface area contributed by atoms with Gasteiger partial charge >= 0.3 is 0 Å². The van der Waals surface area contributed by atoms with Crippen molar-refractivity contribution < 1.29 is 9.90 Å². The van der Waals surface area contributed by atoms with Crippen LogP contribution in [-0.2, 0) is 4.79 Å². The van der Waals surface area contributed by atoms with Crippen LogP contribution in [0.25, 0.3) is 0 Å². The molecule has 4 nitrogen and oxygen atoms in total. The molecule has 1 rings (SSSR count). The van der Waals surface area contributed by atoms with E-state index in [1.54, 1.807) is 12.3 Å². The molecule has 19 heavy (non-hydrogen) atoms. The third kappa shape index (κ3) is 6.68. The van der Waals surface area contributed by atoms with E-state index in [1.807, 2.05) is 0 Å². The van der Waals surface area contributed by atoms with E-state index in [0.717, 1.165) is 12.8 Å². The first kappa shape index (κ1) is 16.1. The van der Waals surface area contributed by atoms with Crippen molar-refractivity contribution in [2.75, 3.05) is 5.32 Å². The summed E-state index contributed by atoms with van der Waals surface area (Å²) in [5.74, 6) is 0.0157. The fraction of sp³-hybridized carbons (Fsp3) is 0.714. The molecule has 0 fully saturated rings. The number of carbonyl (C=O) groups excluding carboxylic acids is 1. The van der Waals surface area contributed by atoms with Crippen LogP contribution in [0.1, 0.15) is 70.6 Å². The Morgan fingerprint density at radius 1 is 1.37 bits per heavy atom. The molecule has 1 aromatic heterocycles. The van der Waals surface area contributed by atoms with Gasteiger partial charge in [0, 0.05) is 11.8 Å². The summed E-state index contributed by atoms with van der Waals surface area (Å²) in [6, 6.07) is 0. The molecule has 5 heteroatoms. The Morgan fingerprint density at radius 3 is 2.68 bits per heavy atom. The van der Waals surface area contributed by atoms with Gasteiger partial charge in [-0.05, 0) is 13.3 Å². The number of unbranched alkanes of at least 4 members (excludes halogenated alkanes) is 5. The minimum absolute atomic E-state index is 0.0157. The van der Waals surface area contributed by atoms with Crippen LogP contribution in [0.2, 0.25) is 0 Å². The number of amides is 1. The smallest absolute Gasteiger partial charge is 0.226 e. The Hall–Kier alpha value is -0.940. The SMILES string of the molecule is CCCCCCCCC(=O)Nc1nc(C(C)O)cs1. The molecule has 0 saturated heterocycles. The maximum absolute atomic E-state index is 11.7. The summed E-state index contributed by atoms with van der Waals surface area (Å²) >= 11 is 1.35. The normalized spacial score (nSPS) is 12.4. The lowest BCUT2D eigenvalue weighted by molar-refractivity contribution is -0.116. The molecule has 0 spiro atoms. The second-order valence-corrected chi connectivity index (χ2v) is 5.68. The van der Waals surface area contributed by atoms with Gasteiger partial charge in [0.2, 0.25) is 5.91 Å². The molecule has 0 bridgehead atoms. The van der Waals surface area contributed by atoms with Gasteiger partial charge < -0.3 is 10.4 Å². The highest BCUT2D eigenvalue weighted by Gasteiger charge is 2.09. The van der Waals surface area contributed by atoms with Crippen LogP contribution in [-0.4, -0.2) is 16.0 Å². The molecule has 1 aromatic rings. The number of carbonyl (C=O) groups is 1. The van der Waals surface area contributed by atoms with Crippen molar-refractivity contribution in [3.63, 3.8) is 0 Å². The van der Waals surface area contributed by atoms with Crippen molar-refractivity contribution in [3.8, 4) is 0 Å². The molecule has 0 saturated carbocycles. The van der Waals surface area contributed by atoms with E-state index in [-0.39, 0.29) is 5.91 Å². The predicted molar refractivity (Wildman–Crippen MR) is 79.4 cm³/mol. The van der Waals surface area contributed by atoms with Gasteiger partial charge in [-0.25, -0.2) is 4.98 Å².